The molecule has 7 rings (SSSR count). The molecule has 2 fully saturated rings. The highest BCUT2D eigenvalue weighted by Crippen LogP contribution is 2.36. The van der Waals surface area contributed by atoms with Crippen molar-refractivity contribution in [3.05, 3.63) is 160 Å². The smallest absolute Gasteiger partial charge is 0.261 e. The van der Waals surface area contributed by atoms with Crippen LogP contribution >= 0.6 is 11.6 Å². The third-order valence-electron chi connectivity index (χ3n) is 13.1. The number of sulfonamides is 1. The third-order valence-corrected chi connectivity index (χ3v) is 19.3. The van der Waals surface area contributed by atoms with Crippen LogP contribution in [0.2, 0.25) is 5.02 Å². The van der Waals surface area contributed by atoms with E-state index >= 15 is 0 Å². The minimum absolute atomic E-state index is 0.0373. The molecule has 0 radical (unpaired) electrons. The predicted octanol–water partition coefficient (Wildman–Crippen LogP) is 9.81. The van der Waals surface area contributed by atoms with Gasteiger partial charge in [0.15, 0.2) is 25.5 Å². The molecular formula is C53H63ClN2O9S3. The minimum atomic E-state index is -3.67. The van der Waals surface area contributed by atoms with E-state index in [9.17, 15) is 39.9 Å². The maximum atomic E-state index is 12.9. The summed E-state index contributed by atoms with van der Waals surface area (Å²) in [6.07, 6.45) is 5.09. The summed E-state index contributed by atoms with van der Waals surface area (Å²) in [6.45, 7) is 8.28. The number of ketones is 2. The van der Waals surface area contributed by atoms with E-state index in [0.717, 1.165) is 61.2 Å². The van der Waals surface area contributed by atoms with Crippen molar-refractivity contribution in [2.24, 2.45) is 11.8 Å². The van der Waals surface area contributed by atoms with Crippen molar-refractivity contribution in [1.29, 1.82) is 0 Å². The van der Waals surface area contributed by atoms with Gasteiger partial charge >= 0.3 is 0 Å². The van der Waals surface area contributed by atoms with E-state index in [1.54, 1.807) is 94.4 Å². The Bertz CT molecular complexity index is 2800. The number of carbonyl (C=O) groups is 2. The fraction of sp³-hybridized carbons (Fsp3) is 0.396. The first-order chi connectivity index (χ1) is 32.1. The number of piperidine rings is 1. The number of nitrogens with one attached hydrogen (secondary N) is 1. The number of hydrogen-bond acceptors (Lipinski definition) is 10. The summed E-state index contributed by atoms with van der Waals surface area (Å²) < 4.78 is 75.8. The van der Waals surface area contributed by atoms with Gasteiger partial charge in [-0.15, -0.1) is 0 Å². The van der Waals surface area contributed by atoms with E-state index in [1.807, 2.05) is 36.4 Å². The number of sulfone groups is 2. The molecule has 0 atom stereocenters. The Labute approximate surface area is 408 Å². The van der Waals surface area contributed by atoms with Gasteiger partial charge in [0.25, 0.3) is 10.0 Å². The summed E-state index contributed by atoms with van der Waals surface area (Å²) in [7, 11) is -9.90. The number of rotatable bonds is 17. The van der Waals surface area contributed by atoms with Gasteiger partial charge in [0.2, 0.25) is 0 Å². The van der Waals surface area contributed by atoms with Gasteiger partial charge in [-0.1, -0.05) is 90.5 Å². The van der Waals surface area contributed by atoms with E-state index in [-0.39, 0.29) is 51.5 Å². The van der Waals surface area contributed by atoms with Crippen molar-refractivity contribution in [2.45, 2.75) is 106 Å². The lowest BCUT2D eigenvalue weighted by molar-refractivity contribution is -0.123. The molecular weight excluding hydrogens is 940 g/mol. The standard InChI is InChI=1S/C29H38ClNO4S.C24H25NO5S2/c1-21(2)36(34,35)20-23-3-7-24(8-4-23)28(32)19-22-5-13-27(14-6-22)31-17-15-29(33,16-18-31)25-9-11-26(30)12-10-25;1-18(2)31(27,28)17-20-8-12-21(13-9-20)24(26)16-19-10-14-22(15-11-19)25-32(29,30)23-6-4-3-5-7-23/h5-6,9-14,21,23-24,33H,3-4,7-8,15-20H2,1-2H3;3-15,18,25H,16-17H2,1-2H3. The van der Waals surface area contributed by atoms with Crippen molar-refractivity contribution >= 4 is 64.2 Å². The van der Waals surface area contributed by atoms with Crippen LogP contribution in [0.3, 0.4) is 0 Å². The van der Waals surface area contributed by atoms with Crippen LogP contribution in [0, 0.1) is 11.8 Å². The second kappa shape index (κ2) is 22.7. The molecule has 1 heterocycles. The second-order valence-electron chi connectivity index (χ2n) is 18.7. The van der Waals surface area contributed by atoms with E-state index in [0.29, 0.717) is 41.1 Å². The molecule has 68 heavy (non-hydrogen) atoms. The van der Waals surface area contributed by atoms with Gasteiger partial charge < -0.3 is 10.0 Å². The molecule has 0 bridgehead atoms. The van der Waals surface area contributed by atoms with E-state index in [1.165, 1.54) is 12.1 Å². The molecule has 0 unspecified atom stereocenters. The van der Waals surface area contributed by atoms with E-state index < -0.39 is 40.5 Å². The molecule has 11 nitrogen and oxygen atoms in total. The number of anilines is 2. The molecule has 1 aliphatic carbocycles. The summed E-state index contributed by atoms with van der Waals surface area (Å²) in [5.74, 6) is 0.567. The molecule has 2 aliphatic rings. The Morgan fingerprint density at radius 3 is 1.75 bits per heavy atom. The quantitative estimate of drug-likeness (QED) is 0.0855. The maximum absolute atomic E-state index is 12.9. The van der Waals surface area contributed by atoms with Crippen molar-refractivity contribution in [1.82, 2.24) is 0 Å². The third kappa shape index (κ3) is 14.3. The number of Topliss-reactive ketones (excluding diaryl/α,β-unsaturated/α-hetero) is 2. The van der Waals surface area contributed by atoms with Gasteiger partial charge in [-0.25, -0.2) is 25.3 Å². The topological polar surface area (TPSA) is 172 Å². The molecule has 0 spiro atoms. The minimum Gasteiger partial charge on any atom is -0.385 e. The molecule has 5 aromatic carbocycles. The lowest BCUT2D eigenvalue weighted by Crippen LogP contribution is -2.42. The fourth-order valence-electron chi connectivity index (χ4n) is 8.50. The number of benzene rings is 5. The zero-order valence-electron chi connectivity index (χ0n) is 39.2. The van der Waals surface area contributed by atoms with E-state index in [4.69, 9.17) is 11.6 Å². The summed E-state index contributed by atoms with van der Waals surface area (Å²) in [5, 5.41) is 11.0. The van der Waals surface area contributed by atoms with Gasteiger partial charge in [0.05, 0.1) is 32.5 Å². The van der Waals surface area contributed by atoms with Crippen LogP contribution in [0.15, 0.2) is 132 Å². The van der Waals surface area contributed by atoms with Gasteiger partial charge in [0.1, 0.15) is 5.78 Å². The first-order valence-corrected chi connectivity index (χ1v) is 28.5. The van der Waals surface area contributed by atoms with E-state index in [2.05, 4.69) is 21.8 Å². The fourth-order valence-corrected chi connectivity index (χ4v) is 12.1. The molecule has 0 aromatic heterocycles. The summed E-state index contributed by atoms with van der Waals surface area (Å²) in [6, 6.07) is 37.0. The summed E-state index contributed by atoms with van der Waals surface area (Å²) >= 11 is 5.99. The molecule has 1 saturated carbocycles. The highest BCUT2D eigenvalue weighted by Gasteiger charge is 2.34. The number of hydrogen-bond donors (Lipinski definition) is 2. The van der Waals surface area contributed by atoms with Gasteiger partial charge in [0, 0.05) is 53.8 Å². The van der Waals surface area contributed by atoms with Gasteiger partial charge in [-0.2, -0.15) is 0 Å². The Balaban J connectivity index is 0.000000226. The molecule has 2 N–H and O–H groups in total. The number of aliphatic hydroxyl groups is 1. The van der Waals surface area contributed by atoms with Crippen molar-refractivity contribution in [2.75, 3.05) is 28.5 Å². The molecule has 0 amide bonds. The number of halogens is 1. The normalized spacial score (nSPS) is 17.6. The molecule has 1 saturated heterocycles. The second-order valence-corrected chi connectivity index (χ2v) is 26.0. The SMILES string of the molecule is CC(C)S(=O)(=O)CC1CCC(C(=O)Cc2ccc(N3CCC(O)(c4ccc(Cl)cc4)CC3)cc2)CC1.CC(C)S(=O)(=O)Cc1ccc(C(=O)Cc2ccc(NS(=O)(=O)c3ccccc3)cc2)cc1. The number of nitrogens with zero attached hydrogens (tertiary/aromatic N) is 1. The molecule has 364 valence electrons. The highest BCUT2D eigenvalue weighted by molar-refractivity contribution is 7.92. The van der Waals surface area contributed by atoms with Crippen LogP contribution in [-0.4, -0.2) is 71.3 Å². The Morgan fingerprint density at radius 2 is 1.19 bits per heavy atom. The predicted molar refractivity (Wildman–Crippen MR) is 272 cm³/mol. The van der Waals surface area contributed by atoms with Crippen LogP contribution in [0.4, 0.5) is 11.4 Å². The van der Waals surface area contributed by atoms with Crippen LogP contribution < -0.4 is 9.62 Å². The lowest BCUT2D eigenvalue weighted by atomic mass is 9.79. The molecule has 5 aromatic rings. The maximum Gasteiger partial charge on any atom is 0.261 e. The van der Waals surface area contributed by atoms with Crippen molar-refractivity contribution in [3.63, 3.8) is 0 Å². The van der Waals surface area contributed by atoms with Crippen LogP contribution in [-0.2, 0) is 58.7 Å². The first-order valence-electron chi connectivity index (χ1n) is 23.2. The van der Waals surface area contributed by atoms with Crippen LogP contribution in [0.5, 0.6) is 0 Å². The summed E-state index contributed by atoms with van der Waals surface area (Å²) in [5.41, 5.74) is 4.49. The van der Waals surface area contributed by atoms with Crippen molar-refractivity contribution in [3.8, 4) is 0 Å². The Kier molecular flexibility index (Phi) is 17.5. The lowest BCUT2D eigenvalue weighted by Gasteiger charge is -2.39. The first kappa shape index (κ1) is 52.5. The number of carbonyl (C=O) groups excluding carboxylic acids is 2. The average molecular weight is 1000 g/mol. The zero-order valence-corrected chi connectivity index (χ0v) is 42.4. The summed E-state index contributed by atoms with van der Waals surface area (Å²) in [4.78, 5) is 28.0. The average Bonchev–Trinajstić information content (AvgIpc) is 3.31. The largest absolute Gasteiger partial charge is 0.385 e. The van der Waals surface area contributed by atoms with Crippen LogP contribution in [0.1, 0.15) is 98.8 Å². The Hall–Kier alpha value is -4.86. The van der Waals surface area contributed by atoms with Crippen molar-refractivity contribution < 1.29 is 39.9 Å². The van der Waals surface area contributed by atoms with Gasteiger partial charge in [-0.3, -0.25) is 14.3 Å². The monoisotopic (exact) mass is 1000 g/mol. The van der Waals surface area contributed by atoms with Gasteiger partial charge in [-0.05, 0) is 143 Å². The highest BCUT2D eigenvalue weighted by atomic mass is 35.5. The van der Waals surface area contributed by atoms with Crippen LogP contribution in [0.25, 0.3) is 0 Å². The Morgan fingerprint density at radius 1 is 0.662 bits per heavy atom. The molecule has 15 heteroatoms. The zero-order chi connectivity index (χ0) is 49.3. The molecule has 1 aliphatic heterocycles.